The average Bonchev–Trinajstić information content (AvgIpc) is 2.91. The molecule has 23 heavy (non-hydrogen) atoms. The molecule has 1 atom stereocenters. The number of carbonyl (C=O) groups is 1. The highest BCUT2D eigenvalue weighted by Gasteiger charge is 2.45. The maximum absolute atomic E-state index is 12.9. The minimum atomic E-state index is -1.48. The molecule has 1 N–H and O–H groups in total. The average molecular weight is 310 g/mol. The number of methoxy groups -OCH3 is 1. The molecular formula is C18H18N2O3. The summed E-state index contributed by atoms with van der Waals surface area (Å²) in [5.41, 5.74) is 0.203. The molecule has 0 fully saturated rings. The van der Waals surface area contributed by atoms with E-state index in [1.807, 2.05) is 18.2 Å². The van der Waals surface area contributed by atoms with Crippen molar-refractivity contribution in [1.29, 1.82) is 0 Å². The first-order valence-electron chi connectivity index (χ1n) is 7.36. The Balaban J connectivity index is 2.04. The van der Waals surface area contributed by atoms with E-state index >= 15 is 0 Å². The fourth-order valence-electron chi connectivity index (χ4n) is 2.80. The summed E-state index contributed by atoms with van der Waals surface area (Å²) in [5, 5.41) is 16.6. The SMILES string of the molecule is COc1ccccc1C(=O)N1N=C(C)CC1(O)c1ccccc1. The Morgan fingerprint density at radius 2 is 1.83 bits per heavy atom. The van der Waals surface area contributed by atoms with Crippen LogP contribution in [-0.4, -0.2) is 28.8 Å². The first kappa shape index (κ1) is 15.2. The Morgan fingerprint density at radius 3 is 2.52 bits per heavy atom. The van der Waals surface area contributed by atoms with Crippen LogP contribution in [0.25, 0.3) is 0 Å². The van der Waals surface area contributed by atoms with Crippen LogP contribution in [0.1, 0.15) is 29.3 Å². The van der Waals surface area contributed by atoms with Crippen molar-refractivity contribution in [3.05, 3.63) is 65.7 Å². The van der Waals surface area contributed by atoms with Crippen LogP contribution in [0.3, 0.4) is 0 Å². The normalized spacial score (nSPS) is 20.3. The molecule has 0 saturated heterocycles. The van der Waals surface area contributed by atoms with Crippen molar-refractivity contribution >= 4 is 11.6 Å². The second-order valence-electron chi connectivity index (χ2n) is 5.51. The molecule has 1 unspecified atom stereocenters. The highest BCUT2D eigenvalue weighted by molar-refractivity contribution is 5.99. The Morgan fingerprint density at radius 1 is 1.17 bits per heavy atom. The van der Waals surface area contributed by atoms with Gasteiger partial charge in [0, 0.05) is 17.7 Å². The number of benzene rings is 2. The first-order chi connectivity index (χ1) is 11.1. The molecule has 1 aliphatic rings. The predicted molar refractivity (Wildman–Crippen MR) is 87.2 cm³/mol. The monoisotopic (exact) mass is 310 g/mol. The van der Waals surface area contributed by atoms with Crippen LogP contribution >= 0.6 is 0 Å². The zero-order valence-corrected chi connectivity index (χ0v) is 13.1. The van der Waals surface area contributed by atoms with Gasteiger partial charge in [0.2, 0.25) is 0 Å². The number of rotatable bonds is 3. The zero-order chi connectivity index (χ0) is 16.4. The number of carbonyl (C=O) groups excluding carboxylic acids is 1. The van der Waals surface area contributed by atoms with Crippen LogP contribution in [-0.2, 0) is 5.72 Å². The molecule has 0 saturated carbocycles. The van der Waals surface area contributed by atoms with Crippen LogP contribution in [0.2, 0.25) is 0 Å². The Labute approximate surface area is 134 Å². The summed E-state index contributed by atoms with van der Waals surface area (Å²) in [4.78, 5) is 12.9. The number of ether oxygens (including phenoxy) is 1. The highest BCUT2D eigenvalue weighted by atomic mass is 16.5. The smallest absolute Gasteiger partial charge is 0.280 e. The third kappa shape index (κ3) is 2.59. The highest BCUT2D eigenvalue weighted by Crippen LogP contribution is 2.37. The predicted octanol–water partition coefficient (Wildman–Crippen LogP) is 2.76. The van der Waals surface area contributed by atoms with Crippen molar-refractivity contribution in [3.63, 3.8) is 0 Å². The maximum atomic E-state index is 12.9. The van der Waals surface area contributed by atoms with Crippen molar-refractivity contribution in [3.8, 4) is 5.75 Å². The molecule has 3 rings (SSSR count). The number of hydrazone groups is 1. The number of amides is 1. The van der Waals surface area contributed by atoms with Crippen LogP contribution in [0, 0.1) is 0 Å². The van der Waals surface area contributed by atoms with E-state index in [1.165, 1.54) is 7.11 Å². The summed E-state index contributed by atoms with van der Waals surface area (Å²) in [6.45, 7) is 1.80. The van der Waals surface area contributed by atoms with Gasteiger partial charge in [-0.05, 0) is 19.1 Å². The first-order valence-corrected chi connectivity index (χ1v) is 7.36. The molecule has 5 nitrogen and oxygen atoms in total. The molecule has 0 spiro atoms. The van der Waals surface area contributed by atoms with Crippen molar-refractivity contribution in [2.45, 2.75) is 19.1 Å². The molecule has 5 heteroatoms. The third-order valence-corrected chi connectivity index (χ3v) is 3.89. The van der Waals surface area contributed by atoms with E-state index in [4.69, 9.17) is 4.74 Å². The molecule has 2 aromatic rings. The van der Waals surface area contributed by atoms with E-state index in [-0.39, 0.29) is 6.42 Å². The Kier molecular flexibility index (Phi) is 3.88. The molecule has 2 aromatic carbocycles. The van der Waals surface area contributed by atoms with Crippen molar-refractivity contribution in [1.82, 2.24) is 5.01 Å². The quantitative estimate of drug-likeness (QED) is 0.948. The molecule has 0 radical (unpaired) electrons. The maximum Gasteiger partial charge on any atom is 0.280 e. The van der Waals surface area contributed by atoms with Gasteiger partial charge in [-0.3, -0.25) is 4.79 Å². The van der Waals surface area contributed by atoms with E-state index in [0.717, 1.165) is 5.01 Å². The lowest BCUT2D eigenvalue weighted by Crippen LogP contribution is -2.43. The van der Waals surface area contributed by atoms with Gasteiger partial charge in [-0.25, -0.2) is 0 Å². The van der Waals surface area contributed by atoms with Gasteiger partial charge in [0.05, 0.1) is 12.7 Å². The lowest BCUT2D eigenvalue weighted by molar-refractivity contribution is -0.0766. The third-order valence-electron chi connectivity index (χ3n) is 3.89. The summed E-state index contributed by atoms with van der Waals surface area (Å²) in [5.74, 6) is 0.0540. The fourth-order valence-corrected chi connectivity index (χ4v) is 2.80. The van der Waals surface area contributed by atoms with Crippen LogP contribution in [0.15, 0.2) is 59.7 Å². The number of nitrogens with zero attached hydrogens (tertiary/aromatic N) is 2. The van der Waals surface area contributed by atoms with E-state index in [2.05, 4.69) is 5.10 Å². The van der Waals surface area contributed by atoms with Gasteiger partial charge >= 0.3 is 0 Å². The molecule has 1 aliphatic heterocycles. The minimum Gasteiger partial charge on any atom is -0.496 e. The van der Waals surface area contributed by atoms with Crippen molar-refractivity contribution in [2.75, 3.05) is 7.11 Å². The summed E-state index contributed by atoms with van der Waals surface area (Å²) in [6.07, 6.45) is 0.276. The summed E-state index contributed by atoms with van der Waals surface area (Å²) >= 11 is 0. The molecule has 0 aromatic heterocycles. The van der Waals surface area contributed by atoms with Crippen molar-refractivity contribution < 1.29 is 14.6 Å². The van der Waals surface area contributed by atoms with Crippen LogP contribution in [0.4, 0.5) is 0 Å². The van der Waals surface area contributed by atoms with Gasteiger partial charge in [-0.1, -0.05) is 42.5 Å². The standard InChI is InChI=1S/C18H18N2O3/c1-13-12-18(22,14-8-4-3-5-9-14)20(19-13)17(21)15-10-6-7-11-16(15)23-2/h3-11,22H,12H2,1-2H3. The minimum absolute atomic E-state index is 0.276. The van der Waals surface area contributed by atoms with Gasteiger partial charge in [-0.2, -0.15) is 10.1 Å². The number of para-hydroxylation sites is 1. The lowest BCUT2D eigenvalue weighted by Gasteiger charge is -2.31. The van der Waals surface area contributed by atoms with E-state index in [9.17, 15) is 9.90 Å². The fraction of sp³-hybridized carbons (Fsp3) is 0.222. The second kappa shape index (κ2) is 5.85. The van der Waals surface area contributed by atoms with Gasteiger partial charge in [0.15, 0.2) is 5.72 Å². The number of hydrogen-bond donors (Lipinski definition) is 1. The number of hydrogen-bond acceptors (Lipinski definition) is 4. The van der Waals surface area contributed by atoms with Crippen LogP contribution in [0.5, 0.6) is 5.75 Å². The second-order valence-corrected chi connectivity index (χ2v) is 5.51. The summed E-state index contributed by atoms with van der Waals surface area (Å²) in [7, 11) is 1.51. The molecule has 0 aliphatic carbocycles. The van der Waals surface area contributed by atoms with Gasteiger partial charge < -0.3 is 9.84 Å². The summed E-state index contributed by atoms with van der Waals surface area (Å²) in [6, 6.07) is 16.0. The van der Waals surface area contributed by atoms with Gasteiger partial charge in [-0.15, -0.1) is 0 Å². The van der Waals surface area contributed by atoms with E-state index in [0.29, 0.717) is 22.6 Å². The number of aliphatic hydroxyl groups is 1. The molecule has 1 heterocycles. The van der Waals surface area contributed by atoms with Crippen LogP contribution < -0.4 is 4.74 Å². The van der Waals surface area contributed by atoms with E-state index < -0.39 is 11.6 Å². The molecular weight excluding hydrogens is 292 g/mol. The van der Waals surface area contributed by atoms with Gasteiger partial charge in [0.1, 0.15) is 5.75 Å². The molecule has 0 bridgehead atoms. The van der Waals surface area contributed by atoms with E-state index in [1.54, 1.807) is 43.3 Å². The topological polar surface area (TPSA) is 62.1 Å². The largest absolute Gasteiger partial charge is 0.496 e. The summed E-state index contributed by atoms with van der Waals surface area (Å²) < 4.78 is 5.25. The molecule has 1 amide bonds. The Bertz CT molecular complexity index is 758. The Hall–Kier alpha value is -2.66. The van der Waals surface area contributed by atoms with Gasteiger partial charge in [0.25, 0.3) is 5.91 Å². The van der Waals surface area contributed by atoms with Crippen molar-refractivity contribution in [2.24, 2.45) is 5.10 Å². The zero-order valence-electron chi connectivity index (χ0n) is 13.1. The molecule has 118 valence electrons. The lowest BCUT2D eigenvalue weighted by atomic mass is 9.97.